The Morgan fingerprint density at radius 1 is 0.314 bits per heavy atom. The lowest BCUT2D eigenvalue weighted by Gasteiger charge is -2.13. The lowest BCUT2D eigenvalue weighted by atomic mass is 9.95. The second kappa shape index (κ2) is 11.9. The molecule has 0 aliphatic heterocycles. The molecule has 0 N–H and O–H groups in total. The monoisotopic (exact) mass is 651 g/mol. The van der Waals surface area contributed by atoms with Crippen LogP contribution in [0, 0.1) is 0 Å². The molecule has 0 aliphatic rings. The molecule has 0 unspecified atom stereocenters. The summed E-state index contributed by atoms with van der Waals surface area (Å²) in [5.74, 6) is 1.92. The van der Waals surface area contributed by atoms with Gasteiger partial charge in [0.15, 0.2) is 17.5 Å². The van der Waals surface area contributed by atoms with E-state index in [1.165, 1.54) is 11.1 Å². The fourth-order valence-electron chi connectivity index (χ4n) is 7.24. The van der Waals surface area contributed by atoms with Crippen LogP contribution in [-0.4, -0.2) is 15.0 Å². The van der Waals surface area contributed by atoms with Gasteiger partial charge in [-0.05, 0) is 56.4 Å². The van der Waals surface area contributed by atoms with Gasteiger partial charge in [0.25, 0.3) is 0 Å². The first-order chi connectivity index (χ1) is 25.3. The number of rotatable bonds is 5. The Bertz CT molecular complexity index is 2910. The van der Waals surface area contributed by atoms with Crippen molar-refractivity contribution in [2.45, 2.75) is 0 Å². The lowest BCUT2D eigenvalue weighted by molar-refractivity contribution is 0.670. The summed E-state index contributed by atoms with van der Waals surface area (Å²) in [6, 6.07) is 61.0. The van der Waals surface area contributed by atoms with Gasteiger partial charge in [0, 0.05) is 33.0 Å². The van der Waals surface area contributed by atoms with Gasteiger partial charge in [0.05, 0.1) is 0 Å². The van der Waals surface area contributed by atoms with Crippen LogP contribution in [0.4, 0.5) is 0 Å². The van der Waals surface area contributed by atoms with Gasteiger partial charge in [0.1, 0.15) is 11.2 Å². The average molecular weight is 652 g/mol. The highest BCUT2D eigenvalue weighted by Crippen LogP contribution is 2.38. The van der Waals surface area contributed by atoms with Crippen LogP contribution in [0.25, 0.3) is 99.9 Å². The van der Waals surface area contributed by atoms with Crippen LogP contribution in [0.2, 0.25) is 0 Å². The second-order valence-corrected chi connectivity index (χ2v) is 12.8. The third kappa shape index (κ3) is 5.04. The summed E-state index contributed by atoms with van der Waals surface area (Å²) in [6.07, 6.45) is 0. The number of fused-ring (bicyclic) bond motifs is 5. The summed E-state index contributed by atoms with van der Waals surface area (Å²) in [4.78, 5) is 15.2. The molecule has 238 valence electrons. The van der Waals surface area contributed by atoms with Gasteiger partial charge in [0.2, 0.25) is 0 Å². The second-order valence-electron chi connectivity index (χ2n) is 12.8. The van der Waals surface area contributed by atoms with E-state index < -0.39 is 0 Å². The Labute approximate surface area is 294 Å². The molecule has 8 aromatic carbocycles. The highest BCUT2D eigenvalue weighted by molar-refractivity contribution is 6.10. The quantitative estimate of drug-likeness (QED) is 0.186. The zero-order valence-corrected chi connectivity index (χ0v) is 27.5. The van der Waals surface area contributed by atoms with E-state index in [0.717, 1.165) is 71.3 Å². The minimum Gasteiger partial charge on any atom is -0.455 e. The molecule has 0 amide bonds. The molecule has 10 aromatic rings. The molecule has 0 bridgehead atoms. The average Bonchev–Trinajstić information content (AvgIpc) is 3.59. The molecule has 0 aliphatic carbocycles. The molecule has 0 saturated carbocycles. The largest absolute Gasteiger partial charge is 0.455 e. The smallest absolute Gasteiger partial charge is 0.164 e. The third-order valence-corrected chi connectivity index (χ3v) is 9.73. The first-order valence-electron chi connectivity index (χ1n) is 17.1. The topological polar surface area (TPSA) is 51.8 Å². The summed E-state index contributed by atoms with van der Waals surface area (Å²) in [5.41, 5.74) is 9.19. The van der Waals surface area contributed by atoms with E-state index in [2.05, 4.69) is 127 Å². The third-order valence-electron chi connectivity index (χ3n) is 9.73. The number of nitrogens with zero attached hydrogens (tertiary/aromatic N) is 3. The van der Waals surface area contributed by atoms with E-state index in [9.17, 15) is 0 Å². The van der Waals surface area contributed by atoms with Crippen LogP contribution in [0.5, 0.6) is 0 Å². The number of hydrogen-bond acceptors (Lipinski definition) is 4. The maximum atomic E-state index is 6.36. The number of furan rings is 1. The SMILES string of the molecule is c1ccc(-c2nc(-c3ccc4cc(-c5cccc6c5oc5ccccc56)ccc4c3)nc(-c3cccc4c(-c5ccccc5)cccc34)n2)cc1. The van der Waals surface area contributed by atoms with E-state index in [1.54, 1.807) is 0 Å². The number of aromatic nitrogens is 3. The number of hydrogen-bond donors (Lipinski definition) is 0. The Morgan fingerprint density at radius 3 is 1.61 bits per heavy atom. The van der Waals surface area contributed by atoms with Gasteiger partial charge in [-0.3, -0.25) is 0 Å². The fourth-order valence-corrected chi connectivity index (χ4v) is 7.24. The molecule has 0 fully saturated rings. The van der Waals surface area contributed by atoms with Crippen molar-refractivity contribution in [1.29, 1.82) is 0 Å². The summed E-state index contributed by atoms with van der Waals surface area (Å²) < 4.78 is 6.36. The molecule has 0 spiro atoms. The Kier molecular flexibility index (Phi) is 6.78. The van der Waals surface area contributed by atoms with Crippen molar-refractivity contribution in [3.8, 4) is 56.4 Å². The Balaban J connectivity index is 1.10. The van der Waals surface area contributed by atoms with Crippen LogP contribution in [0.15, 0.2) is 180 Å². The van der Waals surface area contributed by atoms with E-state index in [-0.39, 0.29) is 0 Å². The normalized spacial score (nSPS) is 11.5. The maximum absolute atomic E-state index is 6.36. The molecule has 0 radical (unpaired) electrons. The molecule has 2 heterocycles. The molecule has 2 aromatic heterocycles. The standard InChI is InChI=1S/C47H29N3O/c1-3-12-30(13-4-1)36-17-9-20-39-38(36)19-11-22-42(39)47-49-45(31-14-5-2-6-15-31)48-46(50-47)35-27-25-32-28-34(26-24-33(32)29-35)37-18-10-21-41-40-16-7-8-23-43(40)51-44(37)41/h1-29H. The van der Waals surface area contributed by atoms with Crippen molar-refractivity contribution in [3.63, 3.8) is 0 Å². The van der Waals surface area contributed by atoms with Gasteiger partial charge >= 0.3 is 0 Å². The van der Waals surface area contributed by atoms with E-state index in [0.29, 0.717) is 17.5 Å². The predicted octanol–water partition coefficient (Wildman–Crippen LogP) is 12.4. The highest BCUT2D eigenvalue weighted by atomic mass is 16.3. The van der Waals surface area contributed by atoms with E-state index >= 15 is 0 Å². The van der Waals surface area contributed by atoms with Crippen molar-refractivity contribution < 1.29 is 4.42 Å². The summed E-state index contributed by atoms with van der Waals surface area (Å²) in [7, 11) is 0. The molecule has 4 heteroatoms. The van der Waals surface area contributed by atoms with Crippen molar-refractivity contribution in [2.24, 2.45) is 0 Å². The highest BCUT2D eigenvalue weighted by Gasteiger charge is 2.17. The molecule has 0 atom stereocenters. The molecular weight excluding hydrogens is 623 g/mol. The maximum Gasteiger partial charge on any atom is 0.164 e. The molecule has 4 nitrogen and oxygen atoms in total. The van der Waals surface area contributed by atoms with Crippen LogP contribution in [-0.2, 0) is 0 Å². The van der Waals surface area contributed by atoms with Gasteiger partial charge in [-0.15, -0.1) is 0 Å². The van der Waals surface area contributed by atoms with E-state index in [1.807, 2.05) is 48.5 Å². The lowest BCUT2D eigenvalue weighted by Crippen LogP contribution is -2.00. The summed E-state index contributed by atoms with van der Waals surface area (Å²) in [5, 5.41) is 6.75. The van der Waals surface area contributed by atoms with Crippen LogP contribution < -0.4 is 0 Å². The Hall–Kier alpha value is -6.91. The fraction of sp³-hybridized carbons (Fsp3) is 0. The molecular formula is C47H29N3O. The minimum absolute atomic E-state index is 0.632. The predicted molar refractivity (Wildman–Crippen MR) is 209 cm³/mol. The van der Waals surface area contributed by atoms with Gasteiger partial charge in [-0.2, -0.15) is 0 Å². The first-order valence-corrected chi connectivity index (χ1v) is 17.1. The zero-order valence-electron chi connectivity index (χ0n) is 27.5. The number of para-hydroxylation sites is 2. The van der Waals surface area contributed by atoms with Gasteiger partial charge < -0.3 is 4.42 Å². The van der Waals surface area contributed by atoms with Crippen molar-refractivity contribution in [3.05, 3.63) is 176 Å². The Morgan fingerprint density at radius 2 is 0.843 bits per heavy atom. The first kappa shape index (κ1) is 29.0. The molecule has 0 saturated heterocycles. The van der Waals surface area contributed by atoms with Gasteiger partial charge in [-0.25, -0.2) is 15.0 Å². The molecule has 10 rings (SSSR count). The summed E-state index contributed by atoms with van der Waals surface area (Å²) >= 11 is 0. The van der Waals surface area contributed by atoms with Crippen molar-refractivity contribution >= 4 is 43.5 Å². The van der Waals surface area contributed by atoms with Crippen molar-refractivity contribution in [2.75, 3.05) is 0 Å². The summed E-state index contributed by atoms with van der Waals surface area (Å²) in [6.45, 7) is 0. The number of benzene rings is 8. The van der Waals surface area contributed by atoms with Gasteiger partial charge in [-0.1, -0.05) is 158 Å². The van der Waals surface area contributed by atoms with Crippen LogP contribution in [0.1, 0.15) is 0 Å². The zero-order chi connectivity index (χ0) is 33.7. The van der Waals surface area contributed by atoms with E-state index in [4.69, 9.17) is 19.4 Å². The van der Waals surface area contributed by atoms with Crippen molar-refractivity contribution in [1.82, 2.24) is 15.0 Å². The van der Waals surface area contributed by atoms with Crippen LogP contribution >= 0.6 is 0 Å². The molecule has 51 heavy (non-hydrogen) atoms. The minimum atomic E-state index is 0.632. The van der Waals surface area contributed by atoms with Crippen LogP contribution in [0.3, 0.4) is 0 Å².